The van der Waals surface area contributed by atoms with Gasteiger partial charge in [-0.1, -0.05) is 0 Å². The van der Waals surface area contributed by atoms with E-state index in [4.69, 9.17) is 4.74 Å². The van der Waals surface area contributed by atoms with Gasteiger partial charge in [-0.25, -0.2) is 9.18 Å². The Morgan fingerprint density at radius 1 is 1.64 bits per heavy atom. The maximum absolute atomic E-state index is 12.8. The van der Waals surface area contributed by atoms with Crippen LogP contribution in [-0.2, 0) is 16.0 Å². The molecule has 1 unspecified atom stereocenters. The molecule has 0 amide bonds. The van der Waals surface area contributed by atoms with Crippen molar-refractivity contribution in [2.24, 2.45) is 0 Å². The fourth-order valence-corrected chi connectivity index (χ4v) is 1.48. The van der Waals surface area contributed by atoms with Crippen molar-refractivity contribution in [3.63, 3.8) is 0 Å². The van der Waals surface area contributed by atoms with Gasteiger partial charge in [0.25, 0.3) is 0 Å². The third-order valence-corrected chi connectivity index (χ3v) is 2.16. The molecule has 1 heterocycles. The van der Waals surface area contributed by atoms with Crippen LogP contribution in [0.15, 0.2) is 18.2 Å². The summed E-state index contributed by atoms with van der Waals surface area (Å²) in [6.45, 7) is 0. The lowest BCUT2D eigenvalue weighted by atomic mass is 10.1. The van der Waals surface area contributed by atoms with E-state index in [1.807, 2.05) is 0 Å². The Morgan fingerprint density at radius 3 is 3.14 bits per heavy atom. The molecule has 0 N–H and O–H groups in total. The van der Waals surface area contributed by atoms with Gasteiger partial charge in [0.15, 0.2) is 6.10 Å². The minimum Gasteiger partial charge on any atom is -0.478 e. The van der Waals surface area contributed by atoms with Crippen LogP contribution in [0.3, 0.4) is 0 Å². The van der Waals surface area contributed by atoms with Crippen molar-refractivity contribution in [3.05, 3.63) is 29.6 Å². The van der Waals surface area contributed by atoms with Gasteiger partial charge in [-0.15, -0.1) is 0 Å². The molecule has 0 aliphatic carbocycles. The highest BCUT2D eigenvalue weighted by molar-refractivity contribution is 5.76. The summed E-state index contributed by atoms with van der Waals surface area (Å²) in [5, 5.41) is 0. The fourth-order valence-electron chi connectivity index (χ4n) is 1.48. The van der Waals surface area contributed by atoms with Crippen molar-refractivity contribution in [2.75, 3.05) is 7.11 Å². The van der Waals surface area contributed by atoms with Gasteiger partial charge in [0.05, 0.1) is 7.11 Å². The molecule has 1 aromatic carbocycles. The van der Waals surface area contributed by atoms with Gasteiger partial charge in [0.2, 0.25) is 0 Å². The van der Waals surface area contributed by atoms with Crippen molar-refractivity contribution in [3.8, 4) is 5.75 Å². The molecule has 14 heavy (non-hydrogen) atoms. The number of carbonyl (C=O) groups excluding carboxylic acids is 1. The van der Waals surface area contributed by atoms with Gasteiger partial charge in [-0.2, -0.15) is 0 Å². The number of methoxy groups -OCH3 is 1. The standard InChI is InChI=1S/C10H9FO3/c1-13-10(12)9-5-6-4-7(11)2-3-8(6)14-9/h2-4,9H,5H2,1H3. The molecule has 1 aliphatic rings. The second-order valence-electron chi connectivity index (χ2n) is 3.09. The van der Waals surface area contributed by atoms with Gasteiger partial charge < -0.3 is 9.47 Å². The SMILES string of the molecule is COC(=O)C1Cc2cc(F)ccc2O1. The van der Waals surface area contributed by atoms with Crippen molar-refractivity contribution in [1.82, 2.24) is 0 Å². The summed E-state index contributed by atoms with van der Waals surface area (Å²) < 4.78 is 22.6. The number of ether oxygens (including phenoxy) is 2. The van der Waals surface area contributed by atoms with Crippen LogP contribution in [0.1, 0.15) is 5.56 Å². The Morgan fingerprint density at radius 2 is 2.43 bits per heavy atom. The van der Waals surface area contributed by atoms with Crippen LogP contribution in [0, 0.1) is 5.82 Å². The van der Waals surface area contributed by atoms with Crippen molar-refractivity contribution < 1.29 is 18.7 Å². The predicted molar refractivity (Wildman–Crippen MR) is 46.5 cm³/mol. The number of esters is 1. The summed E-state index contributed by atoms with van der Waals surface area (Å²) in [5.74, 6) is -0.193. The summed E-state index contributed by atoms with van der Waals surface area (Å²) in [6.07, 6.45) is -0.253. The fraction of sp³-hybridized carbons (Fsp3) is 0.300. The normalized spacial score (nSPS) is 18.6. The second-order valence-corrected chi connectivity index (χ2v) is 3.09. The van der Waals surface area contributed by atoms with E-state index in [-0.39, 0.29) is 5.82 Å². The molecule has 0 radical (unpaired) electrons. The van der Waals surface area contributed by atoms with Crippen LogP contribution < -0.4 is 4.74 Å². The summed E-state index contributed by atoms with van der Waals surface area (Å²) in [5.41, 5.74) is 0.709. The highest BCUT2D eigenvalue weighted by Gasteiger charge is 2.29. The molecule has 0 saturated carbocycles. The number of hydrogen-bond acceptors (Lipinski definition) is 3. The molecule has 0 aromatic heterocycles. The molecule has 1 aliphatic heterocycles. The van der Waals surface area contributed by atoms with E-state index in [9.17, 15) is 9.18 Å². The third kappa shape index (κ3) is 1.43. The van der Waals surface area contributed by atoms with E-state index in [0.29, 0.717) is 17.7 Å². The molecular formula is C10H9FO3. The first-order valence-corrected chi connectivity index (χ1v) is 4.23. The van der Waals surface area contributed by atoms with Gasteiger partial charge >= 0.3 is 5.97 Å². The summed E-state index contributed by atoms with van der Waals surface area (Å²) >= 11 is 0. The zero-order valence-electron chi connectivity index (χ0n) is 7.62. The molecule has 0 bridgehead atoms. The number of rotatable bonds is 1. The molecule has 1 aromatic rings. The third-order valence-electron chi connectivity index (χ3n) is 2.16. The van der Waals surface area contributed by atoms with Crippen molar-refractivity contribution in [2.45, 2.75) is 12.5 Å². The van der Waals surface area contributed by atoms with Gasteiger partial charge in [-0.05, 0) is 18.2 Å². The van der Waals surface area contributed by atoms with Crippen LogP contribution in [-0.4, -0.2) is 19.2 Å². The van der Waals surface area contributed by atoms with E-state index < -0.39 is 12.1 Å². The zero-order valence-corrected chi connectivity index (χ0v) is 7.62. The molecule has 0 fully saturated rings. The van der Waals surface area contributed by atoms with Crippen LogP contribution in [0.4, 0.5) is 4.39 Å². The van der Waals surface area contributed by atoms with Gasteiger partial charge in [-0.3, -0.25) is 0 Å². The monoisotopic (exact) mass is 196 g/mol. The van der Waals surface area contributed by atoms with E-state index in [1.165, 1.54) is 25.3 Å². The van der Waals surface area contributed by atoms with E-state index in [2.05, 4.69) is 4.74 Å². The summed E-state index contributed by atoms with van der Waals surface area (Å²) in [4.78, 5) is 11.1. The van der Waals surface area contributed by atoms with Crippen LogP contribution >= 0.6 is 0 Å². The summed E-state index contributed by atoms with van der Waals surface area (Å²) in [7, 11) is 1.30. The molecule has 3 nitrogen and oxygen atoms in total. The lowest BCUT2D eigenvalue weighted by Gasteiger charge is -2.06. The Balaban J connectivity index is 2.22. The van der Waals surface area contributed by atoms with Crippen molar-refractivity contribution >= 4 is 5.97 Å². The maximum atomic E-state index is 12.8. The number of halogens is 1. The molecule has 4 heteroatoms. The molecule has 1 atom stereocenters. The van der Waals surface area contributed by atoms with Crippen LogP contribution in [0.25, 0.3) is 0 Å². The summed E-state index contributed by atoms with van der Waals surface area (Å²) in [6, 6.07) is 4.20. The highest BCUT2D eigenvalue weighted by Crippen LogP contribution is 2.29. The van der Waals surface area contributed by atoms with Crippen LogP contribution in [0.5, 0.6) is 5.75 Å². The molecule has 2 rings (SSSR count). The minimum absolute atomic E-state index is 0.321. The van der Waals surface area contributed by atoms with Crippen LogP contribution in [0.2, 0.25) is 0 Å². The predicted octanol–water partition coefficient (Wildman–Crippen LogP) is 1.30. The minimum atomic E-state index is -0.628. The Kier molecular flexibility index (Phi) is 2.11. The first-order chi connectivity index (χ1) is 6.70. The van der Waals surface area contributed by atoms with Gasteiger partial charge in [0, 0.05) is 12.0 Å². The van der Waals surface area contributed by atoms with E-state index in [1.54, 1.807) is 0 Å². The van der Waals surface area contributed by atoms with Gasteiger partial charge in [0.1, 0.15) is 11.6 Å². The first kappa shape index (κ1) is 8.99. The van der Waals surface area contributed by atoms with E-state index >= 15 is 0 Å². The van der Waals surface area contributed by atoms with Crippen molar-refractivity contribution in [1.29, 1.82) is 0 Å². The largest absolute Gasteiger partial charge is 0.478 e. The topological polar surface area (TPSA) is 35.5 Å². The quantitative estimate of drug-likeness (QED) is 0.635. The Hall–Kier alpha value is -1.58. The maximum Gasteiger partial charge on any atom is 0.347 e. The van der Waals surface area contributed by atoms with E-state index in [0.717, 1.165) is 0 Å². The second kappa shape index (κ2) is 3.29. The number of benzene rings is 1. The molecular weight excluding hydrogens is 187 g/mol. The number of carbonyl (C=O) groups is 1. The Labute approximate surface area is 80.4 Å². The molecule has 74 valence electrons. The molecule has 0 saturated heterocycles. The lowest BCUT2D eigenvalue weighted by molar-refractivity contribution is -0.147. The highest BCUT2D eigenvalue weighted by atomic mass is 19.1. The zero-order chi connectivity index (χ0) is 10.1. The molecule has 0 spiro atoms. The Bertz CT molecular complexity index is 376. The first-order valence-electron chi connectivity index (χ1n) is 4.23. The average Bonchev–Trinajstić information content (AvgIpc) is 2.59. The smallest absolute Gasteiger partial charge is 0.347 e. The lowest BCUT2D eigenvalue weighted by Crippen LogP contribution is -2.26. The number of hydrogen-bond donors (Lipinski definition) is 0. The number of fused-ring (bicyclic) bond motifs is 1. The average molecular weight is 196 g/mol.